The maximum absolute atomic E-state index is 4.66. The first-order valence-electron chi connectivity index (χ1n) is 2.74. The van der Waals surface area contributed by atoms with E-state index in [0.29, 0.717) is 4.32 Å². The molecule has 0 saturated carbocycles. The summed E-state index contributed by atoms with van der Waals surface area (Å²) < 4.78 is 0.596. The third-order valence-corrected chi connectivity index (χ3v) is 1.11. The van der Waals surface area contributed by atoms with Crippen LogP contribution in [0, 0.1) is 0 Å². The number of hydrogen-bond acceptors (Lipinski definition) is 2. The van der Waals surface area contributed by atoms with Gasteiger partial charge < -0.3 is 11.5 Å². The van der Waals surface area contributed by atoms with Crippen molar-refractivity contribution in [2.24, 2.45) is 0 Å². The van der Waals surface area contributed by atoms with Crippen molar-refractivity contribution in [3.63, 3.8) is 0 Å². The van der Waals surface area contributed by atoms with E-state index < -0.39 is 0 Å². The molecule has 0 rings (SSSR count). The van der Waals surface area contributed by atoms with Gasteiger partial charge >= 0.3 is 0 Å². The van der Waals surface area contributed by atoms with Crippen LogP contribution in [0.15, 0.2) is 0 Å². The molecule has 56 valence electrons. The number of thiocarbonyl (C=S) groups is 1. The van der Waals surface area contributed by atoms with E-state index in [4.69, 9.17) is 0 Å². The van der Waals surface area contributed by atoms with E-state index in [0.717, 1.165) is 6.54 Å². The van der Waals surface area contributed by atoms with Crippen LogP contribution in [0.4, 0.5) is 0 Å². The molecule has 0 aromatic rings. The standard InChI is InChI=1S/C5H11NS2.H3N/c1-2-3-4-6-5(7)8;/h2-4H2,1H3,(H2,6,7,8);1H3. The second-order valence-electron chi connectivity index (χ2n) is 1.59. The molecule has 0 fully saturated rings. The third kappa shape index (κ3) is 11.7. The number of hydrogen-bond donors (Lipinski definition) is 3. The fourth-order valence-corrected chi connectivity index (χ4v) is 0.586. The summed E-state index contributed by atoms with van der Waals surface area (Å²) >= 11 is 8.55. The van der Waals surface area contributed by atoms with Crippen molar-refractivity contribution in [3.05, 3.63) is 0 Å². The average molecular weight is 166 g/mol. The molecule has 4 N–H and O–H groups in total. The summed E-state index contributed by atoms with van der Waals surface area (Å²) in [7, 11) is 0. The van der Waals surface area contributed by atoms with Gasteiger partial charge in [-0.3, -0.25) is 0 Å². The molecule has 0 spiro atoms. The Kier molecular flexibility index (Phi) is 10.9. The highest BCUT2D eigenvalue weighted by Gasteiger charge is 1.83. The fraction of sp³-hybridized carbons (Fsp3) is 0.800. The molecule has 0 radical (unpaired) electrons. The van der Waals surface area contributed by atoms with Crippen molar-refractivity contribution >= 4 is 29.2 Å². The van der Waals surface area contributed by atoms with Crippen LogP contribution in [0.5, 0.6) is 0 Å². The lowest BCUT2D eigenvalue weighted by molar-refractivity contribution is 0.763. The van der Waals surface area contributed by atoms with Gasteiger partial charge in [0.15, 0.2) is 0 Å². The highest BCUT2D eigenvalue weighted by Crippen LogP contribution is 1.84. The molecule has 0 aliphatic carbocycles. The Hall–Kier alpha value is 0.200. The zero-order chi connectivity index (χ0) is 6.41. The predicted molar refractivity (Wildman–Crippen MR) is 49.5 cm³/mol. The SMILES string of the molecule is CCCCNC(=S)S.N. The summed E-state index contributed by atoms with van der Waals surface area (Å²) in [6, 6.07) is 0. The van der Waals surface area contributed by atoms with Gasteiger partial charge in [0.25, 0.3) is 0 Å². The molecule has 9 heavy (non-hydrogen) atoms. The van der Waals surface area contributed by atoms with Gasteiger partial charge in [-0.25, -0.2) is 0 Å². The Morgan fingerprint density at radius 3 is 2.56 bits per heavy atom. The predicted octanol–water partition coefficient (Wildman–Crippen LogP) is 1.75. The zero-order valence-corrected chi connectivity index (χ0v) is 7.39. The second-order valence-corrected chi connectivity index (χ2v) is 2.74. The first kappa shape index (κ1) is 11.9. The lowest BCUT2D eigenvalue weighted by Crippen LogP contribution is -2.16. The lowest BCUT2D eigenvalue weighted by atomic mass is 10.3. The van der Waals surface area contributed by atoms with Gasteiger partial charge in [-0.15, -0.1) is 12.6 Å². The van der Waals surface area contributed by atoms with E-state index in [2.05, 4.69) is 37.1 Å². The largest absolute Gasteiger partial charge is 0.371 e. The molecule has 2 nitrogen and oxygen atoms in total. The van der Waals surface area contributed by atoms with Crippen molar-refractivity contribution in [1.82, 2.24) is 11.5 Å². The Balaban J connectivity index is 0. The number of unbranched alkanes of at least 4 members (excludes halogenated alkanes) is 1. The van der Waals surface area contributed by atoms with Gasteiger partial charge in [-0.1, -0.05) is 25.6 Å². The van der Waals surface area contributed by atoms with Crippen LogP contribution in [-0.4, -0.2) is 10.9 Å². The monoisotopic (exact) mass is 166 g/mol. The highest BCUT2D eigenvalue weighted by molar-refractivity contribution is 8.11. The Bertz CT molecular complexity index is 75.4. The van der Waals surface area contributed by atoms with Crippen LogP contribution in [0.3, 0.4) is 0 Å². The molecule has 0 unspecified atom stereocenters. The summed E-state index contributed by atoms with van der Waals surface area (Å²) in [6.07, 6.45) is 2.37. The van der Waals surface area contributed by atoms with Crippen molar-refractivity contribution in [2.75, 3.05) is 6.54 Å². The molecule has 0 aromatic carbocycles. The second kappa shape index (κ2) is 8.20. The minimum atomic E-state index is 0. The van der Waals surface area contributed by atoms with Crippen LogP contribution >= 0.6 is 24.8 Å². The first-order valence-corrected chi connectivity index (χ1v) is 3.59. The summed E-state index contributed by atoms with van der Waals surface area (Å²) in [6.45, 7) is 3.10. The first-order chi connectivity index (χ1) is 3.77. The van der Waals surface area contributed by atoms with Crippen molar-refractivity contribution in [3.8, 4) is 0 Å². The van der Waals surface area contributed by atoms with Gasteiger partial charge in [-0.2, -0.15) is 0 Å². The number of thiol groups is 1. The summed E-state index contributed by atoms with van der Waals surface area (Å²) in [5.41, 5.74) is 0. The van der Waals surface area contributed by atoms with E-state index >= 15 is 0 Å². The fourth-order valence-electron chi connectivity index (χ4n) is 0.372. The minimum Gasteiger partial charge on any atom is -0.371 e. The Labute approximate surface area is 67.4 Å². The van der Waals surface area contributed by atoms with E-state index in [9.17, 15) is 0 Å². The van der Waals surface area contributed by atoms with Gasteiger partial charge in [0.2, 0.25) is 0 Å². The molecule has 0 aromatic heterocycles. The van der Waals surface area contributed by atoms with Gasteiger partial charge in [0.05, 0.1) is 0 Å². The smallest absolute Gasteiger partial charge is 0.130 e. The van der Waals surface area contributed by atoms with Crippen LogP contribution in [0.1, 0.15) is 19.8 Å². The average Bonchev–Trinajstić information content (AvgIpc) is 1.66. The molecule has 0 aliphatic heterocycles. The minimum absolute atomic E-state index is 0. The van der Waals surface area contributed by atoms with Gasteiger partial charge in [0.1, 0.15) is 4.32 Å². The van der Waals surface area contributed by atoms with Crippen LogP contribution in [0.25, 0.3) is 0 Å². The van der Waals surface area contributed by atoms with E-state index in [-0.39, 0.29) is 6.15 Å². The van der Waals surface area contributed by atoms with Gasteiger partial charge in [0, 0.05) is 6.54 Å². The Morgan fingerprint density at radius 1 is 1.67 bits per heavy atom. The zero-order valence-electron chi connectivity index (χ0n) is 5.68. The van der Waals surface area contributed by atoms with E-state index in [1.54, 1.807) is 0 Å². The molecular weight excluding hydrogens is 152 g/mol. The lowest BCUT2D eigenvalue weighted by Gasteiger charge is -1.98. The van der Waals surface area contributed by atoms with Crippen molar-refractivity contribution in [2.45, 2.75) is 19.8 Å². The third-order valence-electron chi connectivity index (χ3n) is 0.807. The molecule has 4 heteroatoms. The summed E-state index contributed by atoms with van der Waals surface area (Å²) in [5.74, 6) is 0. The van der Waals surface area contributed by atoms with Crippen LogP contribution in [0.2, 0.25) is 0 Å². The molecule has 0 heterocycles. The highest BCUT2D eigenvalue weighted by atomic mass is 32.1. The van der Waals surface area contributed by atoms with Crippen LogP contribution < -0.4 is 11.5 Å². The molecule has 0 atom stereocenters. The van der Waals surface area contributed by atoms with Crippen LogP contribution in [-0.2, 0) is 0 Å². The van der Waals surface area contributed by atoms with Gasteiger partial charge in [-0.05, 0) is 6.42 Å². The number of rotatable bonds is 3. The Morgan fingerprint density at radius 2 is 2.22 bits per heavy atom. The molecule has 0 bridgehead atoms. The normalized spacial score (nSPS) is 7.78. The van der Waals surface area contributed by atoms with E-state index in [1.807, 2.05) is 0 Å². The molecule has 0 saturated heterocycles. The topological polar surface area (TPSA) is 47.0 Å². The maximum Gasteiger partial charge on any atom is 0.130 e. The molecule has 0 aliphatic rings. The summed E-state index contributed by atoms with van der Waals surface area (Å²) in [4.78, 5) is 0. The summed E-state index contributed by atoms with van der Waals surface area (Å²) in [5, 5.41) is 2.94. The van der Waals surface area contributed by atoms with Crippen molar-refractivity contribution in [1.29, 1.82) is 0 Å². The quantitative estimate of drug-likeness (QED) is 0.340. The van der Waals surface area contributed by atoms with Crippen molar-refractivity contribution < 1.29 is 0 Å². The number of nitrogens with one attached hydrogen (secondary N) is 1. The molecular formula is C5H14N2S2. The van der Waals surface area contributed by atoms with E-state index in [1.165, 1.54) is 12.8 Å². The maximum atomic E-state index is 4.66. The molecule has 0 amide bonds.